The Morgan fingerprint density at radius 2 is 2.21 bits per heavy atom. The normalized spacial score (nSPS) is 18.7. The number of pyridine rings is 1. The van der Waals surface area contributed by atoms with Crippen LogP contribution in [0.1, 0.15) is 12.5 Å². The summed E-state index contributed by atoms with van der Waals surface area (Å²) in [5.41, 5.74) is 1.38. The Bertz CT molecular complexity index is 966. The van der Waals surface area contributed by atoms with E-state index >= 15 is 0 Å². The second-order valence-corrected chi connectivity index (χ2v) is 7.06. The number of rotatable bonds is 4. The number of hydrogen-bond acceptors (Lipinski definition) is 6. The maximum Gasteiger partial charge on any atom is 0.244 e. The third-order valence-electron chi connectivity index (χ3n) is 4.70. The third-order valence-corrected chi connectivity index (χ3v) is 4.90. The second kappa shape index (κ2) is 7.76. The maximum atomic E-state index is 14.4. The van der Waals surface area contributed by atoms with Crippen LogP contribution < -0.4 is 10.6 Å². The lowest BCUT2D eigenvalue weighted by Gasteiger charge is -2.30. The molecule has 148 valence electrons. The van der Waals surface area contributed by atoms with Crippen molar-refractivity contribution in [2.75, 3.05) is 32.8 Å². The topological polar surface area (TPSA) is 94.6 Å². The summed E-state index contributed by atoms with van der Waals surface area (Å²) >= 11 is 6.05. The fraction of sp³-hybridized carbons (Fsp3) is 0.389. The van der Waals surface area contributed by atoms with Crippen molar-refractivity contribution in [2.24, 2.45) is 4.99 Å². The van der Waals surface area contributed by atoms with Gasteiger partial charge in [-0.1, -0.05) is 11.6 Å². The van der Waals surface area contributed by atoms with Crippen LogP contribution in [-0.4, -0.2) is 65.5 Å². The molecule has 2 aromatic rings. The summed E-state index contributed by atoms with van der Waals surface area (Å²) < 4.78 is 19.6. The fourth-order valence-electron chi connectivity index (χ4n) is 3.23. The van der Waals surface area contributed by atoms with E-state index in [4.69, 9.17) is 16.3 Å². The number of aromatic nitrogens is 2. The number of nitrogens with zero attached hydrogens (tertiary/aromatic N) is 3. The zero-order chi connectivity index (χ0) is 19.7. The Labute approximate surface area is 165 Å². The molecule has 0 unspecified atom stereocenters. The van der Waals surface area contributed by atoms with Gasteiger partial charge in [-0.2, -0.15) is 0 Å². The van der Waals surface area contributed by atoms with Gasteiger partial charge in [-0.25, -0.2) is 9.37 Å². The van der Waals surface area contributed by atoms with Gasteiger partial charge in [0.15, 0.2) is 5.83 Å². The molecule has 1 fully saturated rings. The molecule has 10 heteroatoms. The van der Waals surface area contributed by atoms with Gasteiger partial charge in [0.2, 0.25) is 5.91 Å². The molecule has 0 aromatic carbocycles. The van der Waals surface area contributed by atoms with Crippen LogP contribution in [-0.2, 0) is 9.53 Å². The minimum Gasteiger partial charge on any atom is -0.378 e. The van der Waals surface area contributed by atoms with Crippen LogP contribution >= 0.6 is 11.6 Å². The van der Waals surface area contributed by atoms with Crippen LogP contribution in [0.3, 0.4) is 0 Å². The smallest absolute Gasteiger partial charge is 0.244 e. The third kappa shape index (κ3) is 3.67. The molecule has 0 bridgehead atoms. The standard InChI is InChI=1S/C18H20ClFN6O2/c1-10(18(27)26-2-4-28-5-3-26)24-17-14(20)9-23-16(25-17)13-8-22-15-12(13)6-11(19)7-21-15/h6-8,10,24H,2-5,9H2,1H3,(H,21,22)(H,23,25)/t10-/m0/s1. The molecule has 0 spiro atoms. The predicted octanol–water partition coefficient (Wildman–Crippen LogP) is 1.54. The van der Waals surface area contributed by atoms with Gasteiger partial charge < -0.3 is 25.3 Å². The number of carbonyl (C=O) groups is 1. The van der Waals surface area contributed by atoms with Gasteiger partial charge in [-0.15, -0.1) is 0 Å². The number of amides is 1. The molecule has 4 heterocycles. The van der Waals surface area contributed by atoms with E-state index in [1.807, 2.05) is 0 Å². The largest absolute Gasteiger partial charge is 0.378 e. The number of hydrogen-bond donors (Lipinski definition) is 3. The molecule has 3 N–H and O–H groups in total. The molecule has 2 aliphatic rings. The molecule has 0 aliphatic carbocycles. The van der Waals surface area contributed by atoms with E-state index in [-0.39, 0.29) is 18.3 Å². The highest BCUT2D eigenvalue weighted by Crippen LogP contribution is 2.22. The van der Waals surface area contributed by atoms with Crippen molar-refractivity contribution in [3.63, 3.8) is 0 Å². The highest BCUT2D eigenvalue weighted by molar-refractivity contribution is 6.31. The van der Waals surface area contributed by atoms with Crippen molar-refractivity contribution in [1.82, 2.24) is 25.5 Å². The number of fused-ring (bicyclic) bond motifs is 1. The van der Waals surface area contributed by atoms with Gasteiger partial charge in [0.1, 0.15) is 23.3 Å². The first-order valence-electron chi connectivity index (χ1n) is 8.99. The molecule has 28 heavy (non-hydrogen) atoms. The quantitative estimate of drug-likeness (QED) is 0.716. The summed E-state index contributed by atoms with van der Waals surface area (Å²) in [4.78, 5) is 25.8. The molecule has 1 amide bonds. The van der Waals surface area contributed by atoms with Crippen molar-refractivity contribution in [3.8, 4) is 0 Å². The van der Waals surface area contributed by atoms with Gasteiger partial charge in [-0.3, -0.25) is 9.79 Å². The molecule has 0 saturated carbocycles. The summed E-state index contributed by atoms with van der Waals surface area (Å²) in [5, 5.41) is 7.18. The lowest BCUT2D eigenvalue weighted by atomic mass is 10.2. The molecule has 1 saturated heterocycles. The monoisotopic (exact) mass is 406 g/mol. The lowest BCUT2D eigenvalue weighted by Crippen LogP contribution is -2.51. The fourth-order valence-corrected chi connectivity index (χ4v) is 3.39. The van der Waals surface area contributed by atoms with Crippen LogP contribution in [0.15, 0.2) is 35.1 Å². The molecular weight excluding hydrogens is 387 g/mol. The number of carbonyl (C=O) groups excluding carboxylic acids is 1. The van der Waals surface area contributed by atoms with Crippen LogP contribution in [0.5, 0.6) is 0 Å². The van der Waals surface area contributed by atoms with Crippen molar-refractivity contribution < 1.29 is 13.9 Å². The number of aliphatic imine (C=N–C) groups is 1. The Morgan fingerprint density at radius 1 is 1.43 bits per heavy atom. The van der Waals surface area contributed by atoms with E-state index in [1.54, 1.807) is 30.3 Å². The van der Waals surface area contributed by atoms with Gasteiger partial charge in [0.25, 0.3) is 0 Å². The van der Waals surface area contributed by atoms with Crippen LogP contribution in [0.25, 0.3) is 11.0 Å². The highest BCUT2D eigenvalue weighted by Gasteiger charge is 2.26. The van der Waals surface area contributed by atoms with E-state index in [9.17, 15) is 9.18 Å². The highest BCUT2D eigenvalue weighted by atomic mass is 35.5. The van der Waals surface area contributed by atoms with Crippen molar-refractivity contribution >= 4 is 34.4 Å². The second-order valence-electron chi connectivity index (χ2n) is 6.63. The van der Waals surface area contributed by atoms with E-state index < -0.39 is 11.9 Å². The lowest BCUT2D eigenvalue weighted by molar-refractivity contribution is -0.136. The number of ether oxygens (including phenoxy) is 1. The zero-order valence-electron chi connectivity index (χ0n) is 15.3. The van der Waals surface area contributed by atoms with E-state index in [1.165, 1.54) is 0 Å². The van der Waals surface area contributed by atoms with Gasteiger partial charge >= 0.3 is 0 Å². The van der Waals surface area contributed by atoms with Gasteiger partial charge in [0.05, 0.1) is 24.8 Å². The Kier molecular flexibility index (Phi) is 5.19. The Hall–Kier alpha value is -2.65. The molecule has 0 radical (unpaired) electrons. The van der Waals surface area contributed by atoms with E-state index in [0.717, 1.165) is 10.9 Å². The van der Waals surface area contributed by atoms with Crippen molar-refractivity contribution in [2.45, 2.75) is 13.0 Å². The molecule has 4 rings (SSSR count). The minimum atomic E-state index is -0.593. The number of H-pyrrole nitrogens is 1. The van der Waals surface area contributed by atoms with E-state index in [0.29, 0.717) is 42.8 Å². The number of aromatic amines is 1. The predicted molar refractivity (Wildman–Crippen MR) is 104 cm³/mol. The average molecular weight is 407 g/mol. The first-order valence-corrected chi connectivity index (χ1v) is 9.37. The number of morpholine rings is 1. The number of halogens is 2. The average Bonchev–Trinajstić information content (AvgIpc) is 3.12. The molecule has 1 atom stereocenters. The number of nitrogens with one attached hydrogen (secondary N) is 3. The summed E-state index contributed by atoms with van der Waals surface area (Å²) in [5.74, 6) is 0.0626. The molecule has 2 aliphatic heterocycles. The Balaban J connectivity index is 1.49. The van der Waals surface area contributed by atoms with Gasteiger partial charge in [-0.05, 0) is 13.0 Å². The number of amidine groups is 1. The van der Waals surface area contributed by atoms with Crippen LogP contribution in [0.4, 0.5) is 4.39 Å². The zero-order valence-corrected chi connectivity index (χ0v) is 16.0. The first kappa shape index (κ1) is 18.7. The van der Waals surface area contributed by atoms with Crippen molar-refractivity contribution in [3.05, 3.63) is 40.7 Å². The molecule has 2 aromatic heterocycles. The Morgan fingerprint density at radius 3 is 3.00 bits per heavy atom. The van der Waals surface area contributed by atoms with Gasteiger partial charge in [0, 0.05) is 36.4 Å². The molecule has 8 nitrogen and oxygen atoms in total. The first-order chi connectivity index (χ1) is 13.5. The summed E-state index contributed by atoms with van der Waals surface area (Å²) in [6.07, 6.45) is 3.29. The summed E-state index contributed by atoms with van der Waals surface area (Å²) in [7, 11) is 0. The maximum absolute atomic E-state index is 14.4. The van der Waals surface area contributed by atoms with Crippen LogP contribution in [0.2, 0.25) is 5.02 Å². The van der Waals surface area contributed by atoms with E-state index in [2.05, 4.69) is 25.6 Å². The van der Waals surface area contributed by atoms with Crippen LogP contribution in [0, 0.1) is 0 Å². The summed E-state index contributed by atoms with van der Waals surface area (Å²) in [6, 6.07) is 1.18. The SMILES string of the molecule is C[C@H](NC1=C(F)CN=C(c2c[nH]c3ncc(Cl)cc23)N1)C(=O)N1CCOCC1. The summed E-state index contributed by atoms with van der Waals surface area (Å²) in [6.45, 7) is 3.69. The van der Waals surface area contributed by atoms with Crippen molar-refractivity contribution in [1.29, 1.82) is 0 Å². The minimum absolute atomic E-state index is 0.0995. The molecular formula is C18H20ClFN6O2.